The first-order chi connectivity index (χ1) is 13.6. The molecule has 0 aliphatic carbocycles. The van der Waals surface area contributed by atoms with Gasteiger partial charge in [0.05, 0.1) is 27.6 Å². The number of H-pyrrole nitrogens is 1. The number of nitriles is 1. The predicted molar refractivity (Wildman–Crippen MR) is 106 cm³/mol. The quantitative estimate of drug-likeness (QED) is 0.283. The molecule has 0 saturated heterocycles. The van der Waals surface area contributed by atoms with Crippen LogP contribution in [0.4, 0.5) is 5.69 Å². The van der Waals surface area contributed by atoms with Crippen molar-refractivity contribution in [3.63, 3.8) is 0 Å². The van der Waals surface area contributed by atoms with Gasteiger partial charge in [-0.05, 0) is 47.7 Å². The average Bonchev–Trinajstić information content (AvgIpc) is 3.32. The van der Waals surface area contributed by atoms with E-state index in [9.17, 15) is 15.4 Å². The van der Waals surface area contributed by atoms with Crippen molar-refractivity contribution >= 4 is 40.1 Å². The van der Waals surface area contributed by atoms with Crippen LogP contribution in [0.1, 0.15) is 11.3 Å². The van der Waals surface area contributed by atoms with Crippen molar-refractivity contribution in [2.24, 2.45) is 0 Å². The van der Waals surface area contributed by atoms with Gasteiger partial charge in [0.15, 0.2) is 10.2 Å². The number of fused-ring (bicyclic) bond motifs is 1. The summed E-state index contributed by atoms with van der Waals surface area (Å²) in [7, 11) is 0. The van der Waals surface area contributed by atoms with Gasteiger partial charge in [-0.25, -0.2) is 4.98 Å². The number of rotatable bonds is 5. The van der Waals surface area contributed by atoms with E-state index in [1.807, 2.05) is 24.3 Å². The van der Waals surface area contributed by atoms with Gasteiger partial charge in [-0.2, -0.15) is 5.26 Å². The number of nitro benzene ring substituents is 1. The molecule has 0 unspecified atom stereocenters. The highest BCUT2D eigenvalue weighted by atomic mass is 32.2. The van der Waals surface area contributed by atoms with E-state index in [4.69, 9.17) is 4.42 Å². The summed E-state index contributed by atoms with van der Waals surface area (Å²) >= 11 is 1.34. The lowest BCUT2D eigenvalue weighted by Crippen LogP contribution is -1.89. The van der Waals surface area contributed by atoms with Crippen molar-refractivity contribution in [1.82, 2.24) is 9.97 Å². The lowest BCUT2D eigenvalue weighted by molar-refractivity contribution is -0.384. The van der Waals surface area contributed by atoms with Crippen molar-refractivity contribution in [3.05, 3.63) is 82.1 Å². The van der Waals surface area contributed by atoms with E-state index in [2.05, 4.69) is 16.0 Å². The maximum absolute atomic E-state index is 10.9. The Kier molecular flexibility index (Phi) is 4.66. The van der Waals surface area contributed by atoms with E-state index in [0.29, 0.717) is 21.6 Å². The normalized spacial score (nSPS) is 11.5. The summed E-state index contributed by atoms with van der Waals surface area (Å²) in [5.74, 6) is 0.474. The van der Waals surface area contributed by atoms with Gasteiger partial charge >= 0.3 is 0 Å². The largest absolute Gasteiger partial charge is 0.450 e. The molecule has 4 rings (SSSR count). The van der Waals surface area contributed by atoms with Crippen molar-refractivity contribution in [2.45, 2.75) is 10.2 Å². The highest BCUT2D eigenvalue weighted by Gasteiger charge is 2.11. The molecular weight excluding hydrogens is 376 g/mol. The van der Waals surface area contributed by atoms with Crippen LogP contribution < -0.4 is 0 Å². The van der Waals surface area contributed by atoms with Gasteiger partial charge in [-0.15, -0.1) is 0 Å². The number of imidazole rings is 1. The lowest BCUT2D eigenvalue weighted by Gasteiger charge is -1.98. The molecule has 0 aliphatic heterocycles. The van der Waals surface area contributed by atoms with Gasteiger partial charge in [0.25, 0.3) is 5.69 Å². The first kappa shape index (κ1) is 17.6. The number of allylic oxidation sites excluding steroid dienone is 1. The molecule has 7 nitrogen and oxygen atoms in total. The summed E-state index contributed by atoms with van der Waals surface area (Å²) in [6.07, 6.45) is 1.56. The number of aromatic nitrogens is 2. The zero-order chi connectivity index (χ0) is 19.5. The minimum Gasteiger partial charge on any atom is -0.450 e. The summed E-state index contributed by atoms with van der Waals surface area (Å²) < 4.78 is 5.76. The molecule has 0 aliphatic rings. The molecule has 28 heavy (non-hydrogen) atoms. The fourth-order valence-corrected chi connectivity index (χ4v) is 3.42. The molecule has 2 aromatic carbocycles. The summed E-state index contributed by atoms with van der Waals surface area (Å²) in [6, 6.07) is 19.2. The van der Waals surface area contributed by atoms with Crippen LogP contribution in [0.25, 0.3) is 22.7 Å². The van der Waals surface area contributed by atoms with Crippen molar-refractivity contribution in [1.29, 1.82) is 5.26 Å². The van der Waals surface area contributed by atoms with Gasteiger partial charge in [-0.3, -0.25) is 10.1 Å². The van der Waals surface area contributed by atoms with Crippen LogP contribution in [0.5, 0.6) is 0 Å². The summed E-state index contributed by atoms with van der Waals surface area (Å²) in [4.78, 5) is 18.1. The third kappa shape index (κ3) is 3.65. The zero-order valence-electron chi connectivity index (χ0n) is 14.3. The number of nitro groups is 1. The van der Waals surface area contributed by atoms with Gasteiger partial charge < -0.3 is 9.40 Å². The van der Waals surface area contributed by atoms with Crippen molar-refractivity contribution in [3.8, 4) is 6.07 Å². The number of hydrogen-bond acceptors (Lipinski definition) is 6. The average molecular weight is 388 g/mol. The van der Waals surface area contributed by atoms with Crippen LogP contribution in [0.15, 0.2) is 75.3 Å². The molecule has 2 aromatic heterocycles. The van der Waals surface area contributed by atoms with E-state index in [1.165, 1.54) is 23.9 Å². The fourth-order valence-electron chi connectivity index (χ4n) is 2.65. The second-order valence-electron chi connectivity index (χ2n) is 5.80. The van der Waals surface area contributed by atoms with Crippen molar-refractivity contribution < 1.29 is 9.34 Å². The monoisotopic (exact) mass is 388 g/mol. The Morgan fingerprint density at radius 2 is 2.07 bits per heavy atom. The summed E-state index contributed by atoms with van der Waals surface area (Å²) in [5.41, 5.74) is 2.47. The molecule has 8 heteroatoms. The highest BCUT2D eigenvalue weighted by molar-refractivity contribution is 7.99. The molecule has 0 radical (unpaired) electrons. The molecular formula is C20H12N4O3S. The van der Waals surface area contributed by atoms with E-state index >= 15 is 0 Å². The molecule has 4 aromatic rings. The van der Waals surface area contributed by atoms with E-state index in [0.717, 1.165) is 11.0 Å². The Labute approximate surface area is 163 Å². The Bertz CT molecular complexity index is 1220. The van der Waals surface area contributed by atoms with E-state index in [-0.39, 0.29) is 11.3 Å². The molecule has 2 heterocycles. The maximum atomic E-state index is 10.9. The van der Waals surface area contributed by atoms with Gasteiger partial charge in [-0.1, -0.05) is 24.3 Å². The van der Waals surface area contributed by atoms with Crippen LogP contribution in [-0.4, -0.2) is 14.9 Å². The maximum Gasteiger partial charge on any atom is 0.270 e. The van der Waals surface area contributed by atoms with Crippen LogP contribution in [-0.2, 0) is 0 Å². The predicted octanol–water partition coefficient (Wildman–Crippen LogP) is 5.28. The molecule has 0 saturated carbocycles. The molecule has 1 N–H and O–H groups in total. The number of benzene rings is 2. The number of non-ortho nitro benzene ring substituents is 1. The first-order valence-electron chi connectivity index (χ1n) is 8.21. The molecule has 0 spiro atoms. The van der Waals surface area contributed by atoms with Crippen LogP contribution in [0.3, 0.4) is 0 Å². The van der Waals surface area contributed by atoms with Gasteiger partial charge in [0.2, 0.25) is 0 Å². The first-order valence-corrected chi connectivity index (χ1v) is 9.03. The SMILES string of the molecule is N#C/C(=C\c1ccc(Sc2nc3ccccc3[nH]2)o1)c1cccc([N+](=O)[O-])c1. The van der Waals surface area contributed by atoms with E-state index in [1.54, 1.807) is 30.3 Å². The molecule has 136 valence electrons. The number of para-hydroxylation sites is 2. The standard InChI is InChI=1S/C20H12N4O3S/c21-12-14(13-4-3-5-15(10-13)24(25)26)11-16-8-9-19(27-16)28-20-22-17-6-1-2-7-18(17)23-20/h1-11H,(H,22,23)/b14-11+. The van der Waals surface area contributed by atoms with Gasteiger partial charge in [0.1, 0.15) is 5.76 Å². The lowest BCUT2D eigenvalue weighted by atomic mass is 10.1. The fraction of sp³-hybridized carbons (Fsp3) is 0. The third-order valence-electron chi connectivity index (χ3n) is 3.94. The van der Waals surface area contributed by atoms with Gasteiger partial charge in [0, 0.05) is 12.1 Å². The Balaban J connectivity index is 1.58. The smallest absolute Gasteiger partial charge is 0.270 e. The number of aromatic amines is 1. The second kappa shape index (κ2) is 7.42. The number of hydrogen-bond donors (Lipinski definition) is 1. The van der Waals surface area contributed by atoms with Crippen LogP contribution >= 0.6 is 11.8 Å². The molecule has 0 bridgehead atoms. The summed E-state index contributed by atoms with van der Waals surface area (Å²) in [6.45, 7) is 0. The number of nitrogens with one attached hydrogen (secondary N) is 1. The summed E-state index contributed by atoms with van der Waals surface area (Å²) in [5, 5.41) is 21.7. The third-order valence-corrected chi connectivity index (χ3v) is 4.75. The second-order valence-corrected chi connectivity index (χ2v) is 6.79. The minimum atomic E-state index is -0.493. The molecule has 0 fully saturated rings. The zero-order valence-corrected chi connectivity index (χ0v) is 15.1. The van der Waals surface area contributed by atoms with E-state index < -0.39 is 4.92 Å². The highest BCUT2D eigenvalue weighted by Crippen LogP contribution is 2.30. The van der Waals surface area contributed by atoms with Crippen LogP contribution in [0.2, 0.25) is 0 Å². The Morgan fingerprint density at radius 3 is 2.86 bits per heavy atom. The number of nitrogens with zero attached hydrogens (tertiary/aromatic N) is 3. The molecule has 0 amide bonds. The Morgan fingerprint density at radius 1 is 1.21 bits per heavy atom. The van der Waals surface area contributed by atoms with Crippen LogP contribution in [0, 0.1) is 21.4 Å². The van der Waals surface area contributed by atoms with Crippen molar-refractivity contribution in [2.75, 3.05) is 0 Å². The minimum absolute atomic E-state index is 0.0702. The number of furan rings is 1. The molecule has 0 atom stereocenters. The topological polar surface area (TPSA) is 109 Å². The Hall–Kier alpha value is -3.83.